The lowest BCUT2D eigenvalue weighted by Crippen LogP contribution is -2.01. The zero-order valence-electron chi connectivity index (χ0n) is 7.74. The normalized spacial score (nSPS) is 10.5. The van der Waals surface area contributed by atoms with Gasteiger partial charge in [-0.25, -0.2) is 9.78 Å². The molecular weight excluding hydrogens is 236 g/mol. The molecule has 0 fully saturated rings. The number of ether oxygens (including phenoxy) is 1. The van der Waals surface area contributed by atoms with Crippen molar-refractivity contribution < 1.29 is 9.53 Å². The Balaban J connectivity index is 3.02. The van der Waals surface area contributed by atoms with Crippen LogP contribution in [-0.4, -0.2) is 22.6 Å². The van der Waals surface area contributed by atoms with Crippen LogP contribution in [0, 0.1) is 0 Å². The van der Waals surface area contributed by atoms with Crippen LogP contribution in [-0.2, 0) is 4.74 Å². The van der Waals surface area contributed by atoms with Gasteiger partial charge in [0.05, 0.1) is 7.11 Å². The quantitative estimate of drug-likeness (QED) is 0.751. The lowest BCUT2D eigenvalue weighted by atomic mass is 10.4. The molecule has 0 spiro atoms. The monoisotopic (exact) mass is 246 g/mol. The molecule has 5 heteroatoms. The Morgan fingerprint density at radius 3 is 2.69 bits per heavy atom. The van der Waals surface area contributed by atoms with E-state index < -0.39 is 5.97 Å². The highest BCUT2D eigenvalue weighted by molar-refractivity contribution is 9.10. The first-order valence-corrected chi connectivity index (χ1v) is 4.68. The number of hydrogen-bond donors (Lipinski definition) is 0. The van der Waals surface area contributed by atoms with E-state index in [1.807, 2.05) is 18.4 Å². The molecule has 0 N–H and O–H groups in total. The number of aromatic nitrogens is 2. The number of nitrogens with zero attached hydrogens (tertiary/aromatic N) is 2. The van der Waals surface area contributed by atoms with Gasteiger partial charge in [0.1, 0.15) is 0 Å². The Labute approximate surface area is 85.0 Å². The van der Waals surface area contributed by atoms with Crippen LogP contribution in [0.15, 0.2) is 10.9 Å². The lowest BCUT2D eigenvalue weighted by molar-refractivity contribution is 0.0594. The van der Waals surface area contributed by atoms with Crippen molar-refractivity contribution in [2.45, 2.75) is 19.9 Å². The molecule has 0 unspecified atom stereocenters. The Morgan fingerprint density at radius 1 is 1.69 bits per heavy atom. The second-order valence-electron chi connectivity index (χ2n) is 2.89. The maximum absolute atomic E-state index is 11.1. The maximum Gasteiger partial charge on any atom is 0.358 e. The SMILES string of the molecule is COC(=O)c1cn(C(C)C)c(Br)n1. The summed E-state index contributed by atoms with van der Waals surface area (Å²) in [6, 6.07) is 0.264. The Hall–Kier alpha value is -0.840. The van der Waals surface area contributed by atoms with Gasteiger partial charge in [-0.15, -0.1) is 0 Å². The van der Waals surface area contributed by atoms with Gasteiger partial charge in [-0.3, -0.25) is 0 Å². The first kappa shape index (κ1) is 10.2. The van der Waals surface area contributed by atoms with E-state index in [9.17, 15) is 4.79 Å². The zero-order valence-corrected chi connectivity index (χ0v) is 9.33. The molecule has 0 aliphatic carbocycles. The lowest BCUT2D eigenvalue weighted by Gasteiger charge is -2.05. The van der Waals surface area contributed by atoms with Gasteiger partial charge < -0.3 is 9.30 Å². The number of esters is 1. The van der Waals surface area contributed by atoms with E-state index in [1.165, 1.54) is 7.11 Å². The molecular formula is C8H11BrN2O2. The molecule has 0 aromatic carbocycles. The van der Waals surface area contributed by atoms with Crippen LogP contribution in [0.3, 0.4) is 0 Å². The van der Waals surface area contributed by atoms with E-state index in [0.717, 1.165) is 0 Å². The third-order valence-electron chi connectivity index (χ3n) is 1.64. The van der Waals surface area contributed by atoms with Crippen molar-refractivity contribution in [3.63, 3.8) is 0 Å². The molecule has 0 saturated heterocycles. The Morgan fingerprint density at radius 2 is 2.31 bits per heavy atom. The average molecular weight is 247 g/mol. The van der Waals surface area contributed by atoms with E-state index >= 15 is 0 Å². The van der Waals surface area contributed by atoms with Crippen LogP contribution < -0.4 is 0 Å². The number of carbonyl (C=O) groups excluding carboxylic acids is 1. The highest BCUT2D eigenvalue weighted by Crippen LogP contribution is 2.16. The summed E-state index contributed by atoms with van der Waals surface area (Å²) >= 11 is 3.26. The molecule has 0 atom stereocenters. The fourth-order valence-electron chi connectivity index (χ4n) is 0.936. The van der Waals surface area contributed by atoms with E-state index in [-0.39, 0.29) is 6.04 Å². The number of methoxy groups -OCH3 is 1. The van der Waals surface area contributed by atoms with Crippen LogP contribution in [0.1, 0.15) is 30.4 Å². The van der Waals surface area contributed by atoms with Crippen LogP contribution >= 0.6 is 15.9 Å². The highest BCUT2D eigenvalue weighted by atomic mass is 79.9. The van der Waals surface area contributed by atoms with Crippen molar-refractivity contribution in [2.24, 2.45) is 0 Å². The fourth-order valence-corrected chi connectivity index (χ4v) is 1.64. The van der Waals surface area contributed by atoms with E-state index in [2.05, 4.69) is 25.7 Å². The zero-order chi connectivity index (χ0) is 10.0. The topological polar surface area (TPSA) is 44.1 Å². The molecule has 72 valence electrons. The van der Waals surface area contributed by atoms with Crippen molar-refractivity contribution >= 4 is 21.9 Å². The van der Waals surface area contributed by atoms with Gasteiger partial charge >= 0.3 is 5.97 Å². The van der Waals surface area contributed by atoms with Crippen LogP contribution in [0.4, 0.5) is 0 Å². The third-order valence-corrected chi connectivity index (χ3v) is 2.22. The molecule has 1 rings (SSSR count). The van der Waals surface area contributed by atoms with Gasteiger partial charge in [0, 0.05) is 12.2 Å². The van der Waals surface area contributed by atoms with Crippen LogP contribution in [0.2, 0.25) is 0 Å². The Bertz CT molecular complexity index is 320. The molecule has 4 nitrogen and oxygen atoms in total. The largest absolute Gasteiger partial charge is 0.464 e. The highest BCUT2D eigenvalue weighted by Gasteiger charge is 2.13. The standard InChI is InChI=1S/C8H11BrN2O2/c1-5(2)11-4-6(7(12)13-3)10-8(11)9/h4-5H,1-3H3. The second kappa shape index (κ2) is 3.91. The van der Waals surface area contributed by atoms with Gasteiger partial charge in [-0.1, -0.05) is 0 Å². The minimum absolute atomic E-state index is 0.264. The number of hydrogen-bond acceptors (Lipinski definition) is 3. The fraction of sp³-hybridized carbons (Fsp3) is 0.500. The average Bonchev–Trinajstić information content (AvgIpc) is 2.46. The molecule has 0 radical (unpaired) electrons. The number of halogens is 1. The van der Waals surface area contributed by atoms with E-state index in [4.69, 9.17) is 0 Å². The molecule has 0 amide bonds. The maximum atomic E-state index is 11.1. The Kier molecular flexibility index (Phi) is 3.08. The molecule has 1 aromatic rings. The summed E-state index contributed by atoms with van der Waals surface area (Å²) in [5.74, 6) is -0.417. The smallest absolute Gasteiger partial charge is 0.358 e. The van der Waals surface area contributed by atoms with Gasteiger partial charge in [0.2, 0.25) is 0 Å². The first-order valence-electron chi connectivity index (χ1n) is 3.89. The van der Waals surface area contributed by atoms with Gasteiger partial charge in [-0.2, -0.15) is 0 Å². The molecule has 0 aliphatic rings. The van der Waals surface area contributed by atoms with Crippen molar-refractivity contribution in [3.8, 4) is 0 Å². The second-order valence-corrected chi connectivity index (χ2v) is 3.60. The predicted octanol–water partition coefficient (Wildman–Crippen LogP) is 2.01. The van der Waals surface area contributed by atoms with Crippen molar-refractivity contribution in [1.29, 1.82) is 0 Å². The summed E-state index contributed by atoms with van der Waals surface area (Å²) in [5, 5.41) is 0. The first-order chi connectivity index (χ1) is 6.06. The van der Waals surface area contributed by atoms with Crippen LogP contribution in [0.25, 0.3) is 0 Å². The van der Waals surface area contributed by atoms with E-state index in [1.54, 1.807) is 6.20 Å². The molecule has 0 saturated carbocycles. The molecule has 1 aromatic heterocycles. The minimum Gasteiger partial charge on any atom is -0.464 e. The summed E-state index contributed by atoms with van der Waals surface area (Å²) in [6.45, 7) is 4.01. The van der Waals surface area contributed by atoms with Crippen molar-refractivity contribution in [1.82, 2.24) is 9.55 Å². The van der Waals surface area contributed by atoms with Gasteiger partial charge in [0.15, 0.2) is 10.4 Å². The number of carbonyl (C=O) groups is 1. The summed E-state index contributed by atoms with van der Waals surface area (Å²) in [4.78, 5) is 15.1. The summed E-state index contributed by atoms with van der Waals surface area (Å²) in [7, 11) is 1.34. The summed E-state index contributed by atoms with van der Waals surface area (Å²) in [5.41, 5.74) is 0.322. The van der Waals surface area contributed by atoms with Crippen LogP contribution in [0.5, 0.6) is 0 Å². The third kappa shape index (κ3) is 2.09. The van der Waals surface area contributed by atoms with Gasteiger partial charge in [0.25, 0.3) is 0 Å². The number of rotatable bonds is 2. The van der Waals surface area contributed by atoms with Crippen molar-refractivity contribution in [2.75, 3.05) is 7.11 Å². The number of imidazole rings is 1. The predicted molar refractivity (Wildman–Crippen MR) is 51.7 cm³/mol. The minimum atomic E-state index is -0.417. The molecule has 0 aliphatic heterocycles. The summed E-state index contributed by atoms with van der Waals surface area (Å²) < 4.78 is 7.04. The molecule has 0 bridgehead atoms. The molecule has 1 heterocycles. The van der Waals surface area contributed by atoms with Gasteiger partial charge in [-0.05, 0) is 29.8 Å². The molecule has 13 heavy (non-hydrogen) atoms. The van der Waals surface area contributed by atoms with E-state index in [0.29, 0.717) is 10.4 Å². The van der Waals surface area contributed by atoms with Crippen molar-refractivity contribution in [3.05, 3.63) is 16.6 Å². The summed E-state index contributed by atoms with van der Waals surface area (Å²) in [6.07, 6.45) is 1.67.